The van der Waals surface area contributed by atoms with Gasteiger partial charge in [0.1, 0.15) is 0 Å². The van der Waals surface area contributed by atoms with E-state index in [0.717, 1.165) is 45.1 Å². The van der Waals surface area contributed by atoms with Crippen molar-refractivity contribution in [3.05, 3.63) is 35.9 Å². The number of amides is 1. The minimum Gasteiger partial charge on any atom is -0.355 e. The summed E-state index contributed by atoms with van der Waals surface area (Å²) in [6.45, 7) is 5.17. The molecule has 27 heavy (non-hydrogen) atoms. The number of likely N-dealkylation sites (tertiary alicyclic amines) is 1. The zero-order valence-corrected chi connectivity index (χ0v) is 17.8. The SMILES string of the molecule is Cl.Cl.O=C(CCC1CCNCC1)NCC1CCCCN1Cc1ccccc1. The summed E-state index contributed by atoms with van der Waals surface area (Å²) in [5.74, 6) is 0.972. The van der Waals surface area contributed by atoms with Crippen molar-refractivity contribution in [1.82, 2.24) is 15.5 Å². The van der Waals surface area contributed by atoms with Gasteiger partial charge in [0.05, 0.1) is 0 Å². The molecule has 1 aromatic carbocycles. The summed E-state index contributed by atoms with van der Waals surface area (Å²) in [6.07, 6.45) is 7.93. The van der Waals surface area contributed by atoms with Crippen molar-refractivity contribution in [3.63, 3.8) is 0 Å². The summed E-state index contributed by atoms with van der Waals surface area (Å²) < 4.78 is 0. The van der Waals surface area contributed by atoms with E-state index in [4.69, 9.17) is 0 Å². The van der Waals surface area contributed by atoms with Crippen LogP contribution in [0.4, 0.5) is 0 Å². The Labute approximate surface area is 176 Å². The Morgan fingerprint density at radius 3 is 2.56 bits per heavy atom. The lowest BCUT2D eigenvalue weighted by atomic mass is 9.93. The number of nitrogens with one attached hydrogen (secondary N) is 2. The second-order valence-electron chi connectivity index (χ2n) is 7.64. The highest BCUT2D eigenvalue weighted by atomic mass is 35.5. The van der Waals surface area contributed by atoms with Gasteiger partial charge in [-0.25, -0.2) is 0 Å². The first kappa shape index (κ1) is 24.2. The number of rotatable bonds is 7. The molecule has 0 spiro atoms. The predicted molar refractivity (Wildman–Crippen MR) is 117 cm³/mol. The van der Waals surface area contributed by atoms with E-state index in [1.54, 1.807) is 0 Å². The van der Waals surface area contributed by atoms with Gasteiger partial charge in [-0.3, -0.25) is 9.69 Å². The number of halogens is 2. The fraction of sp³-hybridized carbons (Fsp3) is 0.667. The summed E-state index contributed by atoms with van der Waals surface area (Å²) in [5, 5.41) is 6.60. The third kappa shape index (κ3) is 8.39. The molecule has 0 aromatic heterocycles. The lowest BCUT2D eigenvalue weighted by molar-refractivity contribution is -0.121. The molecule has 0 aliphatic carbocycles. The average Bonchev–Trinajstić information content (AvgIpc) is 2.67. The van der Waals surface area contributed by atoms with Crippen molar-refractivity contribution in [1.29, 1.82) is 0 Å². The Bertz CT molecular complexity index is 523. The van der Waals surface area contributed by atoms with Crippen LogP contribution in [-0.4, -0.2) is 43.0 Å². The molecule has 3 rings (SSSR count). The largest absolute Gasteiger partial charge is 0.355 e. The van der Waals surface area contributed by atoms with E-state index >= 15 is 0 Å². The molecule has 2 saturated heterocycles. The third-order valence-electron chi connectivity index (χ3n) is 5.75. The molecule has 2 aliphatic rings. The van der Waals surface area contributed by atoms with E-state index in [-0.39, 0.29) is 30.7 Å². The standard InChI is InChI=1S/C21H33N3O.2ClH/c25-21(10-9-18-11-13-22-14-12-18)23-16-20-8-4-5-15-24(20)17-19-6-2-1-3-7-19;;/h1-3,6-7,18,20,22H,4-5,8-17H2,(H,23,25);2*1H. The molecular weight excluding hydrogens is 381 g/mol. The van der Waals surface area contributed by atoms with E-state index in [1.807, 2.05) is 0 Å². The zero-order valence-electron chi connectivity index (χ0n) is 16.2. The maximum Gasteiger partial charge on any atom is 0.220 e. The minimum atomic E-state index is 0. The maximum absolute atomic E-state index is 12.2. The van der Waals surface area contributed by atoms with Crippen LogP contribution in [0.5, 0.6) is 0 Å². The molecule has 6 heteroatoms. The third-order valence-corrected chi connectivity index (χ3v) is 5.75. The van der Waals surface area contributed by atoms with Gasteiger partial charge in [-0.05, 0) is 63.2 Å². The van der Waals surface area contributed by atoms with E-state index in [2.05, 4.69) is 45.9 Å². The van der Waals surface area contributed by atoms with Gasteiger partial charge in [0.15, 0.2) is 0 Å². The van der Waals surface area contributed by atoms with Crippen LogP contribution in [0.3, 0.4) is 0 Å². The molecule has 0 saturated carbocycles. The molecule has 154 valence electrons. The van der Waals surface area contributed by atoms with E-state index < -0.39 is 0 Å². The van der Waals surface area contributed by atoms with Crippen LogP contribution < -0.4 is 10.6 Å². The van der Waals surface area contributed by atoms with Crippen molar-refractivity contribution in [2.24, 2.45) is 5.92 Å². The smallest absolute Gasteiger partial charge is 0.220 e. The van der Waals surface area contributed by atoms with Crippen LogP contribution in [0.2, 0.25) is 0 Å². The Morgan fingerprint density at radius 1 is 1.07 bits per heavy atom. The predicted octanol–water partition coefficient (Wildman–Crippen LogP) is 3.78. The normalized spacial score (nSPS) is 21.0. The number of carbonyl (C=O) groups is 1. The first-order valence-electron chi connectivity index (χ1n) is 10.1. The average molecular weight is 416 g/mol. The molecule has 4 nitrogen and oxygen atoms in total. The summed E-state index contributed by atoms with van der Waals surface area (Å²) >= 11 is 0. The number of hydrogen-bond donors (Lipinski definition) is 2. The summed E-state index contributed by atoms with van der Waals surface area (Å²) in [6, 6.07) is 11.2. The van der Waals surface area contributed by atoms with Gasteiger partial charge < -0.3 is 10.6 Å². The number of nitrogens with zero attached hydrogens (tertiary/aromatic N) is 1. The molecule has 1 amide bonds. The van der Waals surface area contributed by atoms with Gasteiger partial charge in [-0.15, -0.1) is 24.8 Å². The van der Waals surface area contributed by atoms with Crippen LogP contribution in [0, 0.1) is 5.92 Å². The van der Waals surface area contributed by atoms with Crippen LogP contribution in [-0.2, 0) is 11.3 Å². The van der Waals surface area contributed by atoms with Crippen LogP contribution >= 0.6 is 24.8 Å². The molecule has 2 heterocycles. The summed E-state index contributed by atoms with van der Waals surface area (Å²) in [4.78, 5) is 14.8. The summed E-state index contributed by atoms with van der Waals surface area (Å²) in [5.41, 5.74) is 1.37. The second kappa shape index (κ2) is 13.4. The Kier molecular flexibility index (Phi) is 12.0. The van der Waals surface area contributed by atoms with Gasteiger partial charge in [-0.2, -0.15) is 0 Å². The zero-order chi connectivity index (χ0) is 17.3. The van der Waals surface area contributed by atoms with Crippen LogP contribution in [0.25, 0.3) is 0 Å². The number of benzene rings is 1. The Morgan fingerprint density at radius 2 is 1.81 bits per heavy atom. The molecule has 1 aromatic rings. The second-order valence-corrected chi connectivity index (χ2v) is 7.64. The fourth-order valence-electron chi connectivity index (χ4n) is 4.14. The van der Waals surface area contributed by atoms with Crippen molar-refractivity contribution in [2.75, 3.05) is 26.2 Å². The number of hydrogen-bond acceptors (Lipinski definition) is 3. The van der Waals surface area contributed by atoms with Gasteiger partial charge in [0.25, 0.3) is 0 Å². The van der Waals surface area contributed by atoms with Crippen molar-refractivity contribution >= 4 is 30.7 Å². The van der Waals surface area contributed by atoms with E-state index in [1.165, 1.54) is 37.7 Å². The minimum absolute atomic E-state index is 0. The molecule has 1 unspecified atom stereocenters. The van der Waals surface area contributed by atoms with Crippen molar-refractivity contribution in [3.8, 4) is 0 Å². The van der Waals surface area contributed by atoms with E-state index in [9.17, 15) is 4.79 Å². The number of piperidine rings is 2. The summed E-state index contributed by atoms with van der Waals surface area (Å²) in [7, 11) is 0. The molecule has 0 bridgehead atoms. The first-order valence-corrected chi connectivity index (χ1v) is 10.1. The lowest BCUT2D eigenvalue weighted by Gasteiger charge is -2.36. The van der Waals surface area contributed by atoms with Crippen LogP contribution in [0.15, 0.2) is 30.3 Å². The van der Waals surface area contributed by atoms with Crippen molar-refractivity contribution in [2.45, 2.75) is 57.5 Å². The fourth-order valence-corrected chi connectivity index (χ4v) is 4.14. The van der Waals surface area contributed by atoms with E-state index in [0.29, 0.717) is 12.5 Å². The molecule has 2 fully saturated rings. The highest BCUT2D eigenvalue weighted by Gasteiger charge is 2.23. The highest BCUT2D eigenvalue weighted by Crippen LogP contribution is 2.20. The molecule has 1 atom stereocenters. The highest BCUT2D eigenvalue weighted by molar-refractivity contribution is 5.85. The van der Waals surface area contributed by atoms with Crippen molar-refractivity contribution < 1.29 is 4.79 Å². The maximum atomic E-state index is 12.2. The van der Waals surface area contributed by atoms with Gasteiger partial charge in [-0.1, -0.05) is 36.8 Å². The molecular formula is C21H35Cl2N3O. The van der Waals surface area contributed by atoms with Crippen LogP contribution in [0.1, 0.15) is 50.5 Å². The first-order chi connectivity index (χ1) is 12.3. The molecule has 2 aliphatic heterocycles. The lowest BCUT2D eigenvalue weighted by Crippen LogP contribution is -2.46. The van der Waals surface area contributed by atoms with Gasteiger partial charge in [0, 0.05) is 25.6 Å². The number of carbonyl (C=O) groups excluding carboxylic acids is 1. The Balaban J connectivity index is 0.00000182. The molecule has 0 radical (unpaired) electrons. The Hall–Kier alpha value is -0.810. The quantitative estimate of drug-likeness (QED) is 0.711. The monoisotopic (exact) mass is 415 g/mol. The molecule has 2 N–H and O–H groups in total. The van der Waals surface area contributed by atoms with Gasteiger partial charge in [0.2, 0.25) is 5.91 Å². The van der Waals surface area contributed by atoms with Gasteiger partial charge >= 0.3 is 0 Å². The topological polar surface area (TPSA) is 44.4 Å².